The van der Waals surface area contributed by atoms with Crippen LogP contribution in [0, 0.1) is 6.92 Å². The molecule has 4 nitrogen and oxygen atoms in total. The molecule has 132 valence electrons. The zero-order valence-electron chi connectivity index (χ0n) is 14.9. The fourth-order valence-electron chi connectivity index (χ4n) is 2.44. The standard InChI is InChI=1S/C20H24N2O2S/c1-4-22(5-2)20(24)16-9-11-17(12-10-16)21-19(23)14-25-18-8-6-7-15(3)13-18/h6-13H,4-5,14H2,1-3H3,(H,21,23). The van der Waals surface area contributed by atoms with Gasteiger partial charge in [-0.1, -0.05) is 17.7 Å². The lowest BCUT2D eigenvalue weighted by Crippen LogP contribution is -2.30. The lowest BCUT2D eigenvalue weighted by molar-refractivity contribution is -0.113. The van der Waals surface area contributed by atoms with Crippen LogP contribution in [0.5, 0.6) is 0 Å². The zero-order valence-corrected chi connectivity index (χ0v) is 15.7. The molecule has 2 aromatic carbocycles. The highest BCUT2D eigenvalue weighted by Gasteiger charge is 2.12. The van der Waals surface area contributed by atoms with E-state index in [4.69, 9.17) is 0 Å². The number of benzene rings is 2. The molecule has 0 spiro atoms. The van der Waals surface area contributed by atoms with E-state index >= 15 is 0 Å². The first-order valence-electron chi connectivity index (χ1n) is 8.42. The van der Waals surface area contributed by atoms with Crippen LogP contribution in [0.15, 0.2) is 53.4 Å². The number of rotatable bonds is 7. The van der Waals surface area contributed by atoms with Gasteiger partial charge in [-0.05, 0) is 57.2 Å². The van der Waals surface area contributed by atoms with Crippen LogP contribution < -0.4 is 5.32 Å². The lowest BCUT2D eigenvalue weighted by atomic mass is 10.2. The molecule has 0 radical (unpaired) electrons. The normalized spacial score (nSPS) is 10.4. The maximum absolute atomic E-state index is 12.3. The van der Waals surface area contributed by atoms with Gasteiger partial charge < -0.3 is 10.2 Å². The maximum atomic E-state index is 12.3. The van der Waals surface area contributed by atoms with Gasteiger partial charge in [0.2, 0.25) is 5.91 Å². The van der Waals surface area contributed by atoms with Gasteiger partial charge in [-0.2, -0.15) is 0 Å². The van der Waals surface area contributed by atoms with Gasteiger partial charge in [0, 0.05) is 29.2 Å². The van der Waals surface area contributed by atoms with Crippen molar-refractivity contribution in [3.8, 4) is 0 Å². The van der Waals surface area contributed by atoms with Crippen molar-refractivity contribution in [3.05, 3.63) is 59.7 Å². The molecule has 0 aromatic heterocycles. The molecule has 0 aliphatic rings. The second kappa shape index (κ2) is 9.28. The summed E-state index contributed by atoms with van der Waals surface area (Å²) in [4.78, 5) is 27.2. The Morgan fingerprint density at radius 3 is 2.32 bits per heavy atom. The van der Waals surface area contributed by atoms with E-state index < -0.39 is 0 Å². The third-order valence-corrected chi connectivity index (χ3v) is 4.82. The Hall–Kier alpha value is -2.27. The summed E-state index contributed by atoms with van der Waals surface area (Å²) < 4.78 is 0. The number of nitrogens with one attached hydrogen (secondary N) is 1. The van der Waals surface area contributed by atoms with Gasteiger partial charge in [-0.15, -0.1) is 11.8 Å². The molecular formula is C20H24N2O2S. The number of carbonyl (C=O) groups is 2. The Balaban J connectivity index is 1.90. The summed E-state index contributed by atoms with van der Waals surface area (Å²) in [5.74, 6) is 0.302. The molecule has 0 atom stereocenters. The second-order valence-corrected chi connectivity index (χ2v) is 6.76. The number of thioether (sulfide) groups is 1. The van der Waals surface area contributed by atoms with Crippen LogP contribution in [-0.2, 0) is 4.79 Å². The van der Waals surface area contributed by atoms with Gasteiger partial charge in [0.05, 0.1) is 5.75 Å². The SMILES string of the molecule is CCN(CC)C(=O)c1ccc(NC(=O)CSc2cccc(C)c2)cc1. The number of hydrogen-bond acceptors (Lipinski definition) is 3. The molecule has 1 N–H and O–H groups in total. The van der Waals surface area contributed by atoms with Crippen LogP contribution >= 0.6 is 11.8 Å². The first kappa shape index (κ1) is 19.1. The molecule has 0 saturated heterocycles. The highest BCUT2D eigenvalue weighted by Crippen LogP contribution is 2.19. The van der Waals surface area contributed by atoms with Crippen molar-refractivity contribution >= 4 is 29.3 Å². The quantitative estimate of drug-likeness (QED) is 0.756. The van der Waals surface area contributed by atoms with Crippen LogP contribution in [0.4, 0.5) is 5.69 Å². The van der Waals surface area contributed by atoms with Gasteiger partial charge in [0.15, 0.2) is 0 Å². The summed E-state index contributed by atoms with van der Waals surface area (Å²) in [5, 5.41) is 2.87. The van der Waals surface area contributed by atoms with Gasteiger partial charge in [0.25, 0.3) is 5.91 Å². The summed E-state index contributed by atoms with van der Waals surface area (Å²) in [6.45, 7) is 7.32. The van der Waals surface area contributed by atoms with E-state index in [2.05, 4.69) is 11.4 Å². The van der Waals surface area contributed by atoms with Crippen molar-refractivity contribution in [2.75, 3.05) is 24.2 Å². The first-order chi connectivity index (χ1) is 12.0. The van der Waals surface area contributed by atoms with E-state index in [1.165, 1.54) is 17.3 Å². The third kappa shape index (κ3) is 5.64. The minimum absolute atomic E-state index is 0.0119. The summed E-state index contributed by atoms with van der Waals surface area (Å²) in [6, 6.07) is 15.1. The summed E-state index contributed by atoms with van der Waals surface area (Å²) >= 11 is 1.51. The Labute approximate surface area is 153 Å². The van der Waals surface area contributed by atoms with Crippen molar-refractivity contribution < 1.29 is 9.59 Å². The molecule has 0 bridgehead atoms. The van der Waals surface area contributed by atoms with Gasteiger partial charge in [0.1, 0.15) is 0 Å². The maximum Gasteiger partial charge on any atom is 0.253 e. The van der Waals surface area contributed by atoms with Crippen molar-refractivity contribution in [3.63, 3.8) is 0 Å². The largest absolute Gasteiger partial charge is 0.339 e. The molecule has 5 heteroatoms. The van der Waals surface area contributed by atoms with E-state index in [-0.39, 0.29) is 11.8 Å². The van der Waals surface area contributed by atoms with Gasteiger partial charge >= 0.3 is 0 Å². The van der Waals surface area contributed by atoms with E-state index in [9.17, 15) is 9.59 Å². The third-order valence-electron chi connectivity index (χ3n) is 3.83. The molecule has 0 aliphatic carbocycles. The molecule has 2 aromatic rings. The van der Waals surface area contributed by atoms with Crippen LogP contribution in [-0.4, -0.2) is 35.6 Å². The molecule has 2 amide bonds. The van der Waals surface area contributed by atoms with E-state index in [0.29, 0.717) is 30.1 Å². The van der Waals surface area contributed by atoms with E-state index in [1.807, 2.05) is 39.0 Å². The Morgan fingerprint density at radius 1 is 1.04 bits per heavy atom. The minimum Gasteiger partial charge on any atom is -0.339 e. The number of anilines is 1. The smallest absolute Gasteiger partial charge is 0.253 e. The summed E-state index contributed by atoms with van der Waals surface area (Å²) in [7, 11) is 0. The van der Waals surface area contributed by atoms with E-state index in [0.717, 1.165) is 4.90 Å². The molecule has 2 rings (SSSR count). The topological polar surface area (TPSA) is 49.4 Å². The Kier molecular flexibility index (Phi) is 7.07. The number of hydrogen-bond donors (Lipinski definition) is 1. The van der Waals surface area contributed by atoms with E-state index in [1.54, 1.807) is 29.2 Å². The highest BCUT2D eigenvalue weighted by molar-refractivity contribution is 8.00. The van der Waals surface area contributed by atoms with Crippen molar-refractivity contribution in [2.45, 2.75) is 25.7 Å². The van der Waals surface area contributed by atoms with Crippen LogP contribution in [0.3, 0.4) is 0 Å². The first-order valence-corrected chi connectivity index (χ1v) is 9.40. The Bertz CT molecular complexity index is 725. The van der Waals surface area contributed by atoms with Crippen LogP contribution in [0.25, 0.3) is 0 Å². The Morgan fingerprint density at radius 2 is 1.72 bits per heavy atom. The molecule has 0 aliphatic heterocycles. The van der Waals surface area contributed by atoms with Crippen molar-refractivity contribution in [1.29, 1.82) is 0 Å². The summed E-state index contributed by atoms with van der Waals surface area (Å²) in [5.41, 5.74) is 2.51. The monoisotopic (exact) mass is 356 g/mol. The predicted molar refractivity (Wildman–Crippen MR) is 104 cm³/mol. The van der Waals surface area contributed by atoms with Gasteiger partial charge in [-0.3, -0.25) is 9.59 Å². The molecule has 0 fully saturated rings. The fourth-order valence-corrected chi connectivity index (χ4v) is 3.25. The molecular weight excluding hydrogens is 332 g/mol. The molecule has 0 heterocycles. The average molecular weight is 356 g/mol. The number of nitrogens with zero attached hydrogens (tertiary/aromatic N) is 1. The number of aryl methyl sites for hydroxylation is 1. The zero-order chi connectivity index (χ0) is 18.2. The summed E-state index contributed by atoms with van der Waals surface area (Å²) in [6.07, 6.45) is 0. The van der Waals surface area contributed by atoms with Crippen molar-refractivity contribution in [2.24, 2.45) is 0 Å². The van der Waals surface area contributed by atoms with Crippen LogP contribution in [0.2, 0.25) is 0 Å². The average Bonchev–Trinajstić information content (AvgIpc) is 2.61. The number of amides is 2. The number of carbonyl (C=O) groups excluding carboxylic acids is 2. The fraction of sp³-hybridized carbons (Fsp3) is 0.300. The molecule has 0 unspecified atom stereocenters. The minimum atomic E-state index is -0.0608. The predicted octanol–water partition coefficient (Wildman–Crippen LogP) is 4.21. The van der Waals surface area contributed by atoms with Gasteiger partial charge in [-0.25, -0.2) is 0 Å². The second-order valence-electron chi connectivity index (χ2n) is 5.71. The highest BCUT2D eigenvalue weighted by atomic mass is 32.2. The molecule has 25 heavy (non-hydrogen) atoms. The lowest BCUT2D eigenvalue weighted by Gasteiger charge is -2.18. The van der Waals surface area contributed by atoms with Crippen LogP contribution in [0.1, 0.15) is 29.8 Å². The molecule has 0 saturated carbocycles. The van der Waals surface area contributed by atoms with Crippen molar-refractivity contribution in [1.82, 2.24) is 4.90 Å².